The molecule has 2 aromatic heterocycles. The number of hydrogen-bond acceptors (Lipinski definition) is 6. The third-order valence-corrected chi connectivity index (χ3v) is 5.26. The summed E-state index contributed by atoms with van der Waals surface area (Å²) in [7, 11) is 0. The van der Waals surface area contributed by atoms with E-state index in [1.165, 1.54) is 28.7 Å². The number of carbonyl (C=O) groups is 1. The molecule has 6 nitrogen and oxygen atoms in total. The van der Waals surface area contributed by atoms with Crippen molar-refractivity contribution in [3.05, 3.63) is 59.4 Å². The molecule has 7 heteroatoms. The van der Waals surface area contributed by atoms with Gasteiger partial charge in [0.25, 0.3) is 5.91 Å². The number of nitrogens with zero attached hydrogens (tertiary/aromatic N) is 2. The van der Waals surface area contributed by atoms with E-state index in [1.807, 2.05) is 12.1 Å². The first-order valence-corrected chi connectivity index (χ1v) is 9.10. The van der Waals surface area contributed by atoms with Gasteiger partial charge in [-0.25, -0.2) is 4.98 Å². The highest BCUT2D eigenvalue weighted by molar-refractivity contribution is 7.22. The molecule has 0 N–H and O–H groups in total. The monoisotopic (exact) mass is 370 g/mol. The van der Waals surface area contributed by atoms with Gasteiger partial charge in [0.05, 0.1) is 23.0 Å². The third-order valence-electron chi connectivity index (χ3n) is 4.22. The lowest BCUT2D eigenvalue weighted by molar-refractivity contribution is -0.120. The number of benzene rings is 1. The molecule has 3 aromatic rings. The topological polar surface area (TPSA) is 64.8 Å². The predicted octanol–water partition coefficient (Wildman–Crippen LogP) is 3.93. The first-order chi connectivity index (χ1) is 12.6. The Labute approximate surface area is 154 Å². The summed E-state index contributed by atoms with van der Waals surface area (Å²) in [5.74, 6) is 0.547. The molecular weight excluding hydrogens is 352 g/mol. The molecule has 0 unspecified atom stereocenters. The van der Waals surface area contributed by atoms with Crippen LogP contribution in [0.25, 0.3) is 10.2 Å². The van der Waals surface area contributed by atoms with Crippen molar-refractivity contribution in [2.45, 2.75) is 20.4 Å². The zero-order chi connectivity index (χ0) is 18.1. The zero-order valence-corrected chi connectivity index (χ0v) is 15.3. The van der Waals surface area contributed by atoms with Crippen molar-refractivity contribution in [1.82, 2.24) is 4.98 Å². The molecule has 0 fully saturated rings. The second-order valence-corrected chi connectivity index (χ2v) is 7.08. The van der Waals surface area contributed by atoms with Crippen LogP contribution in [0.1, 0.15) is 16.9 Å². The molecule has 134 valence electrons. The van der Waals surface area contributed by atoms with Crippen LogP contribution in [-0.4, -0.2) is 24.1 Å². The van der Waals surface area contributed by atoms with Gasteiger partial charge in [0.15, 0.2) is 5.13 Å². The number of thiazole rings is 1. The SMILES string of the molecule is Cc1cc2nc(N(Cc3ccco3)C(=O)C3=COCCO3)sc2cc1C. The Bertz CT molecular complexity index is 936. The Morgan fingerprint density at radius 3 is 2.85 bits per heavy atom. The number of aromatic nitrogens is 1. The Balaban J connectivity index is 1.74. The van der Waals surface area contributed by atoms with Crippen molar-refractivity contribution in [3.8, 4) is 0 Å². The molecule has 0 spiro atoms. The van der Waals surface area contributed by atoms with Crippen molar-refractivity contribution < 1.29 is 18.7 Å². The molecule has 0 aliphatic carbocycles. The van der Waals surface area contributed by atoms with Crippen LogP contribution in [0.2, 0.25) is 0 Å². The molecule has 3 heterocycles. The fourth-order valence-corrected chi connectivity index (χ4v) is 3.72. The Morgan fingerprint density at radius 2 is 2.12 bits per heavy atom. The maximum absolute atomic E-state index is 13.0. The molecule has 0 saturated heterocycles. The van der Waals surface area contributed by atoms with Crippen LogP contribution in [0.4, 0.5) is 5.13 Å². The predicted molar refractivity (Wildman–Crippen MR) is 99.0 cm³/mol. The van der Waals surface area contributed by atoms with Gasteiger partial charge >= 0.3 is 0 Å². The van der Waals surface area contributed by atoms with Gasteiger partial charge in [-0.3, -0.25) is 9.69 Å². The van der Waals surface area contributed by atoms with Gasteiger partial charge in [0, 0.05) is 0 Å². The Hall–Kier alpha value is -2.80. The van der Waals surface area contributed by atoms with Gasteiger partial charge in [-0.05, 0) is 49.2 Å². The first kappa shape index (κ1) is 16.7. The van der Waals surface area contributed by atoms with Gasteiger partial charge in [-0.1, -0.05) is 11.3 Å². The first-order valence-electron chi connectivity index (χ1n) is 8.28. The summed E-state index contributed by atoms with van der Waals surface area (Å²) in [6.07, 6.45) is 2.95. The number of fused-ring (bicyclic) bond motifs is 1. The quantitative estimate of drug-likeness (QED) is 0.696. The van der Waals surface area contributed by atoms with Crippen molar-refractivity contribution >= 4 is 32.6 Å². The molecule has 0 radical (unpaired) electrons. The van der Waals surface area contributed by atoms with E-state index in [0.29, 0.717) is 24.1 Å². The molecule has 1 amide bonds. The minimum atomic E-state index is -0.298. The number of amides is 1. The van der Waals surface area contributed by atoms with Crippen molar-refractivity contribution in [3.63, 3.8) is 0 Å². The largest absolute Gasteiger partial charge is 0.494 e. The van der Waals surface area contributed by atoms with Crippen LogP contribution < -0.4 is 4.90 Å². The van der Waals surface area contributed by atoms with Crippen LogP contribution in [-0.2, 0) is 20.8 Å². The van der Waals surface area contributed by atoms with Gasteiger partial charge in [-0.15, -0.1) is 0 Å². The minimum Gasteiger partial charge on any atom is -0.494 e. The van der Waals surface area contributed by atoms with E-state index in [0.717, 1.165) is 10.2 Å². The van der Waals surface area contributed by atoms with Crippen LogP contribution in [0.15, 0.2) is 47.0 Å². The van der Waals surface area contributed by atoms with E-state index in [1.54, 1.807) is 17.2 Å². The lowest BCUT2D eigenvalue weighted by Crippen LogP contribution is -2.33. The summed E-state index contributed by atoms with van der Waals surface area (Å²) in [6.45, 7) is 5.18. The number of hydrogen-bond donors (Lipinski definition) is 0. The van der Waals surface area contributed by atoms with E-state index >= 15 is 0 Å². The normalized spacial score (nSPS) is 13.8. The summed E-state index contributed by atoms with van der Waals surface area (Å²) >= 11 is 1.47. The maximum atomic E-state index is 13.0. The van der Waals surface area contributed by atoms with E-state index in [-0.39, 0.29) is 18.2 Å². The summed E-state index contributed by atoms with van der Waals surface area (Å²) in [5, 5.41) is 0.599. The highest BCUT2D eigenvalue weighted by atomic mass is 32.1. The van der Waals surface area contributed by atoms with Crippen molar-refractivity contribution in [2.75, 3.05) is 18.1 Å². The van der Waals surface area contributed by atoms with Crippen LogP contribution in [0, 0.1) is 13.8 Å². The Kier molecular flexibility index (Phi) is 4.38. The molecule has 4 rings (SSSR count). The average Bonchev–Trinajstić information content (AvgIpc) is 3.30. The van der Waals surface area contributed by atoms with E-state index in [4.69, 9.17) is 13.9 Å². The lowest BCUT2D eigenvalue weighted by atomic mass is 10.1. The fourth-order valence-electron chi connectivity index (χ4n) is 2.68. The van der Waals surface area contributed by atoms with Gasteiger partial charge in [0.1, 0.15) is 25.2 Å². The average molecular weight is 370 g/mol. The van der Waals surface area contributed by atoms with E-state index in [2.05, 4.69) is 24.9 Å². The standard InChI is InChI=1S/C19H18N2O4S/c1-12-8-15-17(9-13(12)2)26-19(20-15)21(10-14-4-3-5-24-14)18(22)16-11-23-6-7-25-16/h3-5,8-9,11H,6-7,10H2,1-2H3. The van der Waals surface area contributed by atoms with Gasteiger partial charge in [-0.2, -0.15) is 0 Å². The molecule has 26 heavy (non-hydrogen) atoms. The van der Waals surface area contributed by atoms with E-state index in [9.17, 15) is 4.79 Å². The number of ether oxygens (including phenoxy) is 2. The number of rotatable bonds is 4. The maximum Gasteiger partial charge on any atom is 0.298 e. The number of furan rings is 1. The molecule has 0 saturated carbocycles. The van der Waals surface area contributed by atoms with Crippen molar-refractivity contribution in [1.29, 1.82) is 0 Å². The summed E-state index contributed by atoms with van der Waals surface area (Å²) in [4.78, 5) is 19.2. The number of carbonyl (C=O) groups excluding carboxylic acids is 1. The second-order valence-electron chi connectivity index (χ2n) is 6.07. The highest BCUT2D eigenvalue weighted by Gasteiger charge is 2.27. The smallest absolute Gasteiger partial charge is 0.298 e. The highest BCUT2D eigenvalue weighted by Crippen LogP contribution is 2.32. The third kappa shape index (κ3) is 3.17. The molecule has 0 atom stereocenters. The van der Waals surface area contributed by atoms with Gasteiger partial charge in [0.2, 0.25) is 5.76 Å². The van der Waals surface area contributed by atoms with Crippen molar-refractivity contribution in [2.24, 2.45) is 0 Å². The number of aryl methyl sites for hydroxylation is 2. The molecule has 1 aromatic carbocycles. The second kappa shape index (κ2) is 6.84. The summed E-state index contributed by atoms with van der Waals surface area (Å²) in [5.41, 5.74) is 3.24. The Morgan fingerprint density at radius 1 is 1.27 bits per heavy atom. The molecule has 0 bridgehead atoms. The zero-order valence-electron chi connectivity index (χ0n) is 14.5. The van der Waals surface area contributed by atoms with Crippen LogP contribution in [0.3, 0.4) is 0 Å². The van der Waals surface area contributed by atoms with Crippen LogP contribution in [0.5, 0.6) is 0 Å². The molecule has 1 aliphatic rings. The fraction of sp³-hybridized carbons (Fsp3) is 0.263. The lowest BCUT2D eigenvalue weighted by Gasteiger charge is -2.22. The summed E-state index contributed by atoms with van der Waals surface area (Å²) < 4.78 is 17.2. The molecule has 1 aliphatic heterocycles. The van der Waals surface area contributed by atoms with E-state index < -0.39 is 0 Å². The van der Waals surface area contributed by atoms with Crippen LogP contribution >= 0.6 is 11.3 Å². The summed E-state index contributed by atoms with van der Waals surface area (Å²) in [6, 6.07) is 7.76. The molecular formula is C19H18N2O4S. The minimum absolute atomic E-state index is 0.175. The van der Waals surface area contributed by atoms with Gasteiger partial charge < -0.3 is 13.9 Å². The number of anilines is 1.